The fraction of sp³-hybridized carbons (Fsp3) is 0.120. The van der Waals surface area contributed by atoms with Gasteiger partial charge >= 0.3 is 0 Å². The van der Waals surface area contributed by atoms with E-state index in [9.17, 15) is 9.18 Å². The highest BCUT2D eigenvalue weighted by atomic mass is 19.1. The van der Waals surface area contributed by atoms with Gasteiger partial charge in [-0.3, -0.25) is 4.79 Å². The van der Waals surface area contributed by atoms with Gasteiger partial charge in [0, 0.05) is 11.3 Å². The molecule has 5 rings (SSSR count). The summed E-state index contributed by atoms with van der Waals surface area (Å²) < 4.78 is 20.8. The number of nitrogens with one attached hydrogen (secondary N) is 1. The molecule has 0 bridgehead atoms. The van der Waals surface area contributed by atoms with Crippen molar-refractivity contribution in [3.63, 3.8) is 0 Å². The Balaban J connectivity index is 1.54. The average molecular weight is 441 g/mol. The van der Waals surface area contributed by atoms with Crippen LogP contribution in [-0.2, 0) is 6.42 Å². The van der Waals surface area contributed by atoms with E-state index in [0.717, 1.165) is 28.6 Å². The van der Waals surface area contributed by atoms with Gasteiger partial charge in [0.05, 0.1) is 16.8 Å². The van der Waals surface area contributed by atoms with Crippen molar-refractivity contribution in [3.05, 3.63) is 90.0 Å². The van der Waals surface area contributed by atoms with Gasteiger partial charge in [-0.05, 0) is 42.8 Å². The van der Waals surface area contributed by atoms with E-state index in [1.165, 1.54) is 18.2 Å². The summed E-state index contributed by atoms with van der Waals surface area (Å²) in [4.78, 5) is 12.9. The average Bonchev–Trinajstić information content (AvgIpc) is 3.44. The van der Waals surface area contributed by atoms with Gasteiger partial charge in [0.1, 0.15) is 11.3 Å². The van der Waals surface area contributed by atoms with Crippen molar-refractivity contribution in [2.45, 2.75) is 19.8 Å². The number of rotatable bonds is 6. The van der Waals surface area contributed by atoms with Gasteiger partial charge in [0.25, 0.3) is 5.91 Å². The minimum Gasteiger partial charge on any atom is -0.355 e. The molecular formula is C25H20FN5O2. The zero-order valence-electron chi connectivity index (χ0n) is 17.8. The van der Waals surface area contributed by atoms with E-state index in [-0.39, 0.29) is 5.69 Å². The predicted octanol–water partition coefficient (Wildman–Crippen LogP) is 5.42. The highest BCUT2D eigenvalue weighted by molar-refractivity contribution is 6.03. The first kappa shape index (κ1) is 20.6. The van der Waals surface area contributed by atoms with Crippen LogP contribution < -0.4 is 5.32 Å². The van der Waals surface area contributed by atoms with Crippen molar-refractivity contribution in [3.8, 4) is 17.0 Å². The number of amides is 1. The Labute approximate surface area is 188 Å². The summed E-state index contributed by atoms with van der Waals surface area (Å²) in [5.74, 6) is -0.207. The molecule has 0 aliphatic carbocycles. The summed E-state index contributed by atoms with van der Waals surface area (Å²) in [7, 11) is 0. The molecule has 0 fully saturated rings. The second kappa shape index (κ2) is 8.66. The smallest absolute Gasteiger partial charge is 0.278 e. The molecule has 0 aliphatic rings. The molecule has 33 heavy (non-hydrogen) atoms. The van der Waals surface area contributed by atoms with Gasteiger partial charge in [-0.2, -0.15) is 0 Å². The summed E-state index contributed by atoms with van der Waals surface area (Å²) in [6.45, 7) is 2.02. The molecule has 164 valence electrons. The molecule has 7 nitrogen and oxygen atoms in total. The van der Waals surface area contributed by atoms with Gasteiger partial charge in [-0.15, -0.1) is 5.10 Å². The topological polar surface area (TPSA) is 85.8 Å². The first-order valence-corrected chi connectivity index (χ1v) is 10.6. The van der Waals surface area contributed by atoms with Crippen molar-refractivity contribution >= 4 is 22.5 Å². The van der Waals surface area contributed by atoms with E-state index in [2.05, 4.69) is 20.8 Å². The quantitative estimate of drug-likeness (QED) is 0.380. The normalized spacial score (nSPS) is 11.1. The van der Waals surface area contributed by atoms with Crippen molar-refractivity contribution in [2.75, 3.05) is 5.32 Å². The Kier molecular flexibility index (Phi) is 5.40. The molecule has 8 heteroatoms. The number of aromatic nitrogens is 4. The minimum atomic E-state index is -0.439. The summed E-state index contributed by atoms with van der Waals surface area (Å²) in [5, 5.41) is 16.1. The monoisotopic (exact) mass is 441 g/mol. The lowest BCUT2D eigenvalue weighted by molar-refractivity contribution is 0.102. The maximum absolute atomic E-state index is 13.5. The van der Waals surface area contributed by atoms with E-state index < -0.39 is 11.7 Å². The lowest BCUT2D eigenvalue weighted by Crippen LogP contribution is -2.15. The molecule has 0 saturated carbocycles. The van der Waals surface area contributed by atoms with E-state index in [1.54, 1.807) is 10.7 Å². The molecule has 0 spiro atoms. The second-order valence-electron chi connectivity index (χ2n) is 7.59. The molecule has 1 N–H and O–H groups in total. The summed E-state index contributed by atoms with van der Waals surface area (Å²) in [5.41, 5.74) is 3.61. The SMILES string of the molecule is CCCc1c(C(=O)Nc2cccc(F)c2)nnn1-c1ccc2noc(-c3ccccc3)c2c1. The third-order valence-corrected chi connectivity index (χ3v) is 5.29. The highest BCUT2D eigenvalue weighted by Crippen LogP contribution is 2.30. The number of anilines is 1. The van der Waals surface area contributed by atoms with Crippen LogP contribution in [0.5, 0.6) is 0 Å². The van der Waals surface area contributed by atoms with Gasteiger partial charge in [0.15, 0.2) is 11.5 Å². The number of carbonyl (C=O) groups is 1. The van der Waals surface area contributed by atoms with Crippen molar-refractivity contribution in [1.82, 2.24) is 20.2 Å². The second-order valence-corrected chi connectivity index (χ2v) is 7.59. The van der Waals surface area contributed by atoms with Crippen LogP contribution in [0.2, 0.25) is 0 Å². The third kappa shape index (κ3) is 3.98. The summed E-state index contributed by atoms with van der Waals surface area (Å²) in [6.07, 6.45) is 1.38. The van der Waals surface area contributed by atoms with Crippen LogP contribution in [0.15, 0.2) is 77.3 Å². The largest absolute Gasteiger partial charge is 0.355 e. The van der Waals surface area contributed by atoms with Crippen LogP contribution in [0, 0.1) is 5.82 Å². The Bertz CT molecular complexity index is 1440. The van der Waals surface area contributed by atoms with Gasteiger partial charge in [-0.1, -0.05) is 60.1 Å². The molecule has 0 atom stereocenters. The van der Waals surface area contributed by atoms with Crippen molar-refractivity contribution in [2.24, 2.45) is 0 Å². The molecule has 0 unspecified atom stereocenters. The maximum Gasteiger partial charge on any atom is 0.278 e. The Morgan fingerprint density at radius 3 is 2.70 bits per heavy atom. The predicted molar refractivity (Wildman–Crippen MR) is 123 cm³/mol. The maximum atomic E-state index is 13.5. The molecule has 3 aromatic carbocycles. The Morgan fingerprint density at radius 2 is 1.91 bits per heavy atom. The molecule has 0 aliphatic heterocycles. The number of benzene rings is 3. The number of hydrogen-bond donors (Lipinski definition) is 1. The fourth-order valence-electron chi connectivity index (χ4n) is 3.76. The van der Waals surface area contributed by atoms with E-state index in [1.807, 2.05) is 55.5 Å². The number of fused-ring (bicyclic) bond motifs is 1. The van der Waals surface area contributed by atoms with E-state index in [4.69, 9.17) is 4.52 Å². The third-order valence-electron chi connectivity index (χ3n) is 5.29. The molecule has 2 aromatic heterocycles. The molecule has 5 aromatic rings. The van der Waals surface area contributed by atoms with Crippen LogP contribution in [0.25, 0.3) is 27.9 Å². The minimum absolute atomic E-state index is 0.204. The number of nitrogens with zero attached hydrogens (tertiary/aromatic N) is 4. The fourth-order valence-corrected chi connectivity index (χ4v) is 3.76. The van der Waals surface area contributed by atoms with Crippen LogP contribution in [-0.4, -0.2) is 26.1 Å². The molecule has 0 saturated heterocycles. The van der Waals surface area contributed by atoms with E-state index in [0.29, 0.717) is 23.6 Å². The van der Waals surface area contributed by atoms with Crippen LogP contribution >= 0.6 is 0 Å². The Hall–Kier alpha value is -4.33. The standard InChI is InChI=1S/C25H20FN5O2/c1-2-7-22-23(25(32)27-18-11-6-10-17(26)14-18)28-30-31(22)19-12-13-21-20(15-19)24(33-29-21)16-8-4-3-5-9-16/h3-6,8-15H,2,7H2,1H3,(H,27,32). The van der Waals surface area contributed by atoms with Crippen LogP contribution in [0.1, 0.15) is 29.5 Å². The number of halogens is 1. The zero-order valence-corrected chi connectivity index (χ0v) is 17.8. The first-order chi connectivity index (χ1) is 16.1. The van der Waals surface area contributed by atoms with Gasteiger partial charge in [0.2, 0.25) is 0 Å². The molecular weight excluding hydrogens is 421 g/mol. The molecule has 2 heterocycles. The summed E-state index contributed by atoms with van der Waals surface area (Å²) >= 11 is 0. The lowest BCUT2D eigenvalue weighted by Gasteiger charge is -2.08. The van der Waals surface area contributed by atoms with Gasteiger partial charge < -0.3 is 9.84 Å². The van der Waals surface area contributed by atoms with Crippen LogP contribution in [0.4, 0.5) is 10.1 Å². The van der Waals surface area contributed by atoms with Crippen molar-refractivity contribution < 1.29 is 13.7 Å². The van der Waals surface area contributed by atoms with Gasteiger partial charge in [-0.25, -0.2) is 9.07 Å². The van der Waals surface area contributed by atoms with Crippen LogP contribution in [0.3, 0.4) is 0 Å². The number of hydrogen-bond acceptors (Lipinski definition) is 5. The Morgan fingerprint density at radius 1 is 1.06 bits per heavy atom. The summed E-state index contributed by atoms with van der Waals surface area (Å²) in [6, 6.07) is 21.1. The first-order valence-electron chi connectivity index (χ1n) is 10.6. The zero-order chi connectivity index (χ0) is 22.8. The lowest BCUT2D eigenvalue weighted by atomic mass is 10.1. The molecule has 0 radical (unpaired) electrons. The molecule has 1 amide bonds. The van der Waals surface area contributed by atoms with Crippen molar-refractivity contribution in [1.29, 1.82) is 0 Å². The number of carbonyl (C=O) groups excluding carboxylic acids is 1. The highest BCUT2D eigenvalue weighted by Gasteiger charge is 2.21. The van der Waals surface area contributed by atoms with E-state index >= 15 is 0 Å².